The molecule has 3 rings (SSSR count). The molecular weight excluding hydrogens is 319 g/mol. The second kappa shape index (κ2) is 5.70. The summed E-state index contributed by atoms with van der Waals surface area (Å²) in [4.78, 5) is 18.0. The largest absolute Gasteiger partial charge is 0.419 e. The molecule has 2 saturated heterocycles. The number of fused-ring (bicyclic) bond motifs is 2. The van der Waals surface area contributed by atoms with E-state index in [1.54, 1.807) is 0 Å². The summed E-state index contributed by atoms with van der Waals surface area (Å²) in [5.74, 6) is 0.103. The van der Waals surface area contributed by atoms with Crippen LogP contribution in [0, 0.1) is 5.92 Å². The molecule has 0 aliphatic carbocycles. The Morgan fingerprint density at radius 2 is 2.18 bits per heavy atom. The summed E-state index contributed by atoms with van der Waals surface area (Å²) >= 11 is 5.61. The van der Waals surface area contributed by atoms with Crippen LogP contribution in [0.3, 0.4) is 0 Å². The Morgan fingerprint density at radius 1 is 1.41 bits per heavy atom. The highest BCUT2D eigenvalue weighted by molar-refractivity contribution is 6.31. The number of halogens is 4. The molecule has 4 nitrogen and oxygen atoms in total. The first-order valence-corrected chi connectivity index (χ1v) is 7.46. The molecule has 1 aromatic heterocycles. The average molecular weight is 334 g/mol. The van der Waals surface area contributed by atoms with E-state index >= 15 is 0 Å². The van der Waals surface area contributed by atoms with E-state index in [-0.39, 0.29) is 11.7 Å². The fourth-order valence-electron chi connectivity index (χ4n) is 3.19. The predicted molar refractivity (Wildman–Crippen MR) is 74.7 cm³/mol. The summed E-state index contributed by atoms with van der Waals surface area (Å²) in [5, 5.41) is 2.32. The average Bonchev–Trinajstić information content (AvgIpc) is 2.76. The number of amides is 1. The lowest BCUT2D eigenvalue weighted by molar-refractivity contribution is -0.137. The summed E-state index contributed by atoms with van der Waals surface area (Å²) in [5.41, 5.74) is -1.13. The molecular formula is C14H15ClF3N3O. The molecule has 1 unspecified atom stereocenters. The molecule has 2 fully saturated rings. The fraction of sp³-hybridized carbons (Fsp3) is 0.571. The molecule has 1 aromatic rings. The number of carbonyl (C=O) groups excluding carboxylic acids is 1. The highest BCUT2D eigenvalue weighted by Crippen LogP contribution is 2.34. The Kier molecular flexibility index (Phi) is 4.03. The van der Waals surface area contributed by atoms with Crippen molar-refractivity contribution in [1.29, 1.82) is 0 Å². The molecule has 8 heteroatoms. The number of piperidine rings is 1. The van der Waals surface area contributed by atoms with Crippen molar-refractivity contribution in [3.63, 3.8) is 0 Å². The summed E-state index contributed by atoms with van der Waals surface area (Å²) in [6.45, 7) is 2.88. The molecule has 2 bridgehead atoms. The zero-order valence-corrected chi connectivity index (χ0v) is 12.4. The molecule has 3 heterocycles. The van der Waals surface area contributed by atoms with Crippen molar-refractivity contribution >= 4 is 17.5 Å². The number of hydrogen-bond donors (Lipinski definition) is 1. The minimum atomic E-state index is -4.57. The van der Waals surface area contributed by atoms with Crippen LogP contribution < -0.4 is 5.32 Å². The van der Waals surface area contributed by atoms with Gasteiger partial charge in [0.1, 0.15) is 5.69 Å². The van der Waals surface area contributed by atoms with E-state index < -0.39 is 22.7 Å². The molecule has 0 radical (unpaired) electrons. The first-order valence-electron chi connectivity index (χ1n) is 7.09. The van der Waals surface area contributed by atoms with Crippen molar-refractivity contribution in [3.05, 3.63) is 28.5 Å². The smallest absolute Gasteiger partial charge is 0.347 e. The quantitative estimate of drug-likeness (QED) is 0.905. The molecule has 22 heavy (non-hydrogen) atoms. The minimum absolute atomic E-state index is 0.0108. The number of aromatic nitrogens is 1. The standard InChI is InChI=1S/C14H15ClF3N3O/c15-11-4-12(19-5-10(11)14(16,17)18)13(22)20-9-3-8-1-2-21(6-8)7-9/h4-5,8-9H,1-3,6-7H2,(H,20,22)/t8-,9+/m0/s1. The van der Waals surface area contributed by atoms with E-state index in [1.807, 2.05) is 0 Å². The van der Waals surface area contributed by atoms with E-state index in [2.05, 4.69) is 15.2 Å². The molecule has 2 aliphatic heterocycles. The van der Waals surface area contributed by atoms with Crippen LogP contribution in [-0.4, -0.2) is 41.5 Å². The number of nitrogens with zero attached hydrogens (tertiary/aromatic N) is 2. The lowest BCUT2D eigenvalue weighted by atomic mass is 9.97. The predicted octanol–water partition coefficient (Wildman–Crippen LogP) is 2.58. The van der Waals surface area contributed by atoms with Crippen LogP contribution in [0.1, 0.15) is 28.9 Å². The van der Waals surface area contributed by atoms with Crippen LogP contribution in [0.4, 0.5) is 13.2 Å². The van der Waals surface area contributed by atoms with Gasteiger partial charge in [-0.05, 0) is 31.4 Å². The van der Waals surface area contributed by atoms with Gasteiger partial charge >= 0.3 is 6.18 Å². The molecule has 2 aliphatic rings. The van der Waals surface area contributed by atoms with Crippen LogP contribution in [0.5, 0.6) is 0 Å². The molecule has 120 valence electrons. The first kappa shape index (κ1) is 15.6. The second-order valence-electron chi connectivity index (χ2n) is 5.87. The number of alkyl halides is 3. The van der Waals surface area contributed by atoms with Crippen molar-refractivity contribution in [2.45, 2.75) is 25.1 Å². The normalized spacial score (nSPS) is 27.7. The Morgan fingerprint density at radius 3 is 2.82 bits per heavy atom. The lowest BCUT2D eigenvalue weighted by Gasteiger charge is -2.30. The van der Waals surface area contributed by atoms with Crippen LogP contribution >= 0.6 is 11.6 Å². The van der Waals surface area contributed by atoms with Gasteiger partial charge in [-0.3, -0.25) is 9.78 Å². The van der Waals surface area contributed by atoms with Crippen molar-refractivity contribution < 1.29 is 18.0 Å². The third-order valence-electron chi connectivity index (χ3n) is 4.19. The summed E-state index contributed by atoms with van der Waals surface area (Å²) in [6.07, 6.45) is -1.94. The number of hydrogen-bond acceptors (Lipinski definition) is 3. The van der Waals surface area contributed by atoms with E-state index in [9.17, 15) is 18.0 Å². The maximum atomic E-state index is 12.6. The molecule has 0 saturated carbocycles. The minimum Gasteiger partial charge on any atom is -0.347 e. The van der Waals surface area contributed by atoms with Crippen molar-refractivity contribution in [3.8, 4) is 0 Å². The SMILES string of the molecule is O=C(N[C@@H]1C[C@@H]2CCN(C2)C1)c1cc(Cl)c(C(F)(F)F)cn1. The van der Waals surface area contributed by atoms with Gasteiger partial charge in [0, 0.05) is 25.3 Å². The maximum absolute atomic E-state index is 12.6. The Labute approximate surface area is 130 Å². The molecule has 1 amide bonds. The third kappa shape index (κ3) is 3.20. The fourth-order valence-corrected chi connectivity index (χ4v) is 3.45. The third-order valence-corrected chi connectivity index (χ3v) is 4.51. The van der Waals surface area contributed by atoms with Crippen molar-refractivity contribution in [1.82, 2.24) is 15.2 Å². The second-order valence-corrected chi connectivity index (χ2v) is 6.27. The number of rotatable bonds is 2. The van der Waals surface area contributed by atoms with Gasteiger partial charge in [-0.15, -0.1) is 0 Å². The van der Waals surface area contributed by atoms with Gasteiger partial charge < -0.3 is 10.2 Å². The number of pyridine rings is 1. The van der Waals surface area contributed by atoms with Gasteiger partial charge in [0.25, 0.3) is 5.91 Å². The monoisotopic (exact) mass is 333 g/mol. The lowest BCUT2D eigenvalue weighted by Crippen LogP contribution is -2.47. The number of carbonyl (C=O) groups is 1. The van der Waals surface area contributed by atoms with Crippen molar-refractivity contribution in [2.75, 3.05) is 19.6 Å². The first-order chi connectivity index (χ1) is 10.3. The maximum Gasteiger partial charge on any atom is 0.419 e. The van der Waals surface area contributed by atoms with Crippen molar-refractivity contribution in [2.24, 2.45) is 5.92 Å². The van der Waals surface area contributed by atoms with Gasteiger partial charge in [0.15, 0.2) is 0 Å². The topological polar surface area (TPSA) is 45.2 Å². The van der Waals surface area contributed by atoms with Crippen LogP contribution in [0.15, 0.2) is 12.3 Å². The van der Waals surface area contributed by atoms with Gasteiger partial charge in [-0.25, -0.2) is 0 Å². The Bertz CT molecular complexity index is 581. The highest BCUT2D eigenvalue weighted by atomic mass is 35.5. The van der Waals surface area contributed by atoms with Gasteiger partial charge in [0.2, 0.25) is 0 Å². The highest BCUT2D eigenvalue weighted by Gasteiger charge is 2.35. The van der Waals surface area contributed by atoms with Gasteiger partial charge in [-0.2, -0.15) is 13.2 Å². The Hall–Kier alpha value is -1.34. The zero-order valence-electron chi connectivity index (χ0n) is 11.7. The van der Waals surface area contributed by atoms with E-state index in [4.69, 9.17) is 11.6 Å². The molecule has 3 atom stereocenters. The summed E-state index contributed by atoms with van der Waals surface area (Å²) in [6, 6.07) is 0.980. The summed E-state index contributed by atoms with van der Waals surface area (Å²) < 4.78 is 37.9. The van der Waals surface area contributed by atoms with Gasteiger partial charge in [0.05, 0.1) is 10.6 Å². The van der Waals surface area contributed by atoms with E-state index in [0.717, 1.165) is 38.5 Å². The zero-order chi connectivity index (χ0) is 15.9. The van der Waals surface area contributed by atoms with Crippen LogP contribution in [-0.2, 0) is 6.18 Å². The van der Waals surface area contributed by atoms with E-state index in [1.165, 1.54) is 0 Å². The Balaban J connectivity index is 1.69. The molecule has 1 N–H and O–H groups in total. The summed E-state index contributed by atoms with van der Waals surface area (Å²) in [7, 11) is 0. The molecule has 0 aromatic carbocycles. The van der Waals surface area contributed by atoms with Gasteiger partial charge in [-0.1, -0.05) is 11.6 Å². The van der Waals surface area contributed by atoms with Crippen LogP contribution in [0.25, 0.3) is 0 Å². The number of nitrogens with one attached hydrogen (secondary N) is 1. The molecule has 0 spiro atoms. The van der Waals surface area contributed by atoms with Crippen LogP contribution in [0.2, 0.25) is 5.02 Å². The van der Waals surface area contributed by atoms with E-state index in [0.29, 0.717) is 12.1 Å².